The van der Waals surface area contributed by atoms with Crippen LogP contribution in [0.4, 0.5) is 13.2 Å². The zero-order valence-electron chi connectivity index (χ0n) is 9.84. The zero-order valence-corrected chi connectivity index (χ0v) is 10.6. The fourth-order valence-corrected chi connectivity index (χ4v) is 2.04. The molecule has 0 amide bonds. The van der Waals surface area contributed by atoms with Gasteiger partial charge in [0.1, 0.15) is 5.82 Å². The van der Waals surface area contributed by atoms with Crippen LogP contribution in [0.2, 0.25) is 5.02 Å². The van der Waals surface area contributed by atoms with E-state index in [-0.39, 0.29) is 22.6 Å². The van der Waals surface area contributed by atoms with Crippen LogP contribution in [0.15, 0.2) is 36.4 Å². The lowest BCUT2D eigenvalue weighted by Crippen LogP contribution is -2.16. The normalized spacial score (nSPS) is 12.5. The van der Waals surface area contributed by atoms with Crippen LogP contribution in [-0.2, 0) is 6.42 Å². The molecule has 1 nitrogen and oxygen atoms in total. The van der Waals surface area contributed by atoms with Crippen molar-refractivity contribution >= 4 is 11.6 Å². The Morgan fingerprint density at radius 2 is 1.68 bits per heavy atom. The minimum Gasteiger partial charge on any atom is -0.324 e. The van der Waals surface area contributed by atoms with Crippen molar-refractivity contribution in [1.29, 1.82) is 0 Å². The van der Waals surface area contributed by atoms with E-state index in [0.717, 1.165) is 6.07 Å². The molecule has 2 aromatic rings. The molecule has 5 heteroatoms. The Bertz CT molecular complexity index is 601. The van der Waals surface area contributed by atoms with Gasteiger partial charge in [0.05, 0.1) is 5.02 Å². The predicted octanol–water partition coefficient (Wildman–Crippen LogP) is 4.00. The van der Waals surface area contributed by atoms with E-state index in [9.17, 15) is 13.2 Å². The first-order chi connectivity index (χ1) is 9.00. The summed E-state index contributed by atoms with van der Waals surface area (Å²) < 4.78 is 40.3. The zero-order chi connectivity index (χ0) is 14.0. The second-order valence-electron chi connectivity index (χ2n) is 4.17. The fourth-order valence-electron chi connectivity index (χ4n) is 1.86. The van der Waals surface area contributed by atoms with E-state index in [0.29, 0.717) is 0 Å². The number of rotatable bonds is 3. The molecule has 0 aliphatic rings. The summed E-state index contributed by atoms with van der Waals surface area (Å²) in [7, 11) is 0. The van der Waals surface area contributed by atoms with Gasteiger partial charge in [-0.3, -0.25) is 0 Å². The summed E-state index contributed by atoms with van der Waals surface area (Å²) >= 11 is 5.65. The van der Waals surface area contributed by atoms with Gasteiger partial charge < -0.3 is 5.73 Å². The van der Waals surface area contributed by atoms with Crippen molar-refractivity contribution in [3.05, 3.63) is 70.0 Å². The summed E-state index contributed by atoms with van der Waals surface area (Å²) in [5.74, 6) is -2.54. The molecule has 0 saturated heterocycles. The van der Waals surface area contributed by atoms with Crippen molar-refractivity contribution < 1.29 is 13.2 Å². The van der Waals surface area contributed by atoms with Crippen LogP contribution in [0.5, 0.6) is 0 Å². The Hall–Kier alpha value is -1.52. The van der Waals surface area contributed by atoms with Crippen molar-refractivity contribution in [3.8, 4) is 0 Å². The first-order valence-corrected chi connectivity index (χ1v) is 6.01. The number of halogens is 4. The van der Waals surface area contributed by atoms with Crippen molar-refractivity contribution in [1.82, 2.24) is 0 Å². The lowest BCUT2D eigenvalue weighted by Gasteiger charge is -2.14. The highest BCUT2D eigenvalue weighted by Gasteiger charge is 2.17. The van der Waals surface area contributed by atoms with Gasteiger partial charge in [0.25, 0.3) is 0 Å². The lowest BCUT2D eigenvalue weighted by atomic mass is 9.99. The van der Waals surface area contributed by atoms with Gasteiger partial charge in [-0.15, -0.1) is 0 Å². The highest BCUT2D eigenvalue weighted by Crippen LogP contribution is 2.25. The number of benzene rings is 2. The topological polar surface area (TPSA) is 26.0 Å². The molecule has 1 unspecified atom stereocenters. The average molecular weight is 286 g/mol. The molecule has 100 valence electrons. The van der Waals surface area contributed by atoms with E-state index in [1.807, 2.05) is 0 Å². The molecule has 2 aromatic carbocycles. The molecule has 0 heterocycles. The van der Waals surface area contributed by atoms with Crippen LogP contribution in [-0.4, -0.2) is 0 Å². The molecule has 0 radical (unpaired) electrons. The second-order valence-corrected chi connectivity index (χ2v) is 4.57. The Morgan fingerprint density at radius 3 is 2.42 bits per heavy atom. The van der Waals surface area contributed by atoms with Crippen molar-refractivity contribution in [2.24, 2.45) is 5.73 Å². The highest BCUT2D eigenvalue weighted by atomic mass is 35.5. The van der Waals surface area contributed by atoms with Crippen LogP contribution in [0.1, 0.15) is 17.2 Å². The van der Waals surface area contributed by atoms with Crippen molar-refractivity contribution in [2.45, 2.75) is 12.5 Å². The van der Waals surface area contributed by atoms with Gasteiger partial charge in [-0.25, -0.2) is 13.2 Å². The highest BCUT2D eigenvalue weighted by molar-refractivity contribution is 6.30. The Morgan fingerprint density at radius 1 is 1.00 bits per heavy atom. The molecular weight excluding hydrogens is 275 g/mol. The molecular formula is C14H11ClF3N. The van der Waals surface area contributed by atoms with Gasteiger partial charge in [-0.1, -0.05) is 35.9 Å². The minimum atomic E-state index is -0.958. The maximum atomic E-state index is 13.8. The number of hydrogen-bond donors (Lipinski definition) is 1. The summed E-state index contributed by atoms with van der Waals surface area (Å²) in [6.45, 7) is 0. The van der Waals surface area contributed by atoms with Gasteiger partial charge in [-0.2, -0.15) is 0 Å². The smallest absolute Gasteiger partial charge is 0.162 e. The van der Waals surface area contributed by atoms with Crippen LogP contribution in [0, 0.1) is 17.5 Å². The third-order valence-electron chi connectivity index (χ3n) is 2.85. The SMILES string of the molecule is NC(Cc1cccc(F)c1F)c1cccc(Cl)c1F. The molecule has 0 fully saturated rings. The van der Waals surface area contributed by atoms with Gasteiger partial charge in [0, 0.05) is 11.6 Å². The lowest BCUT2D eigenvalue weighted by molar-refractivity contribution is 0.492. The maximum absolute atomic E-state index is 13.8. The molecule has 0 spiro atoms. The average Bonchev–Trinajstić information content (AvgIpc) is 2.38. The van der Waals surface area contributed by atoms with Crippen LogP contribution >= 0.6 is 11.6 Å². The van der Waals surface area contributed by atoms with Gasteiger partial charge in [0.2, 0.25) is 0 Å². The first kappa shape index (κ1) is 13.9. The monoisotopic (exact) mass is 285 g/mol. The predicted molar refractivity (Wildman–Crippen MR) is 68.4 cm³/mol. The molecule has 0 aliphatic carbocycles. The molecule has 2 rings (SSSR count). The van der Waals surface area contributed by atoms with Crippen LogP contribution in [0.25, 0.3) is 0 Å². The Kier molecular flexibility index (Phi) is 4.12. The van der Waals surface area contributed by atoms with Gasteiger partial charge in [0.15, 0.2) is 11.6 Å². The largest absolute Gasteiger partial charge is 0.324 e. The molecule has 19 heavy (non-hydrogen) atoms. The van der Waals surface area contributed by atoms with E-state index in [4.69, 9.17) is 17.3 Å². The molecule has 1 atom stereocenters. The summed E-state index contributed by atoms with van der Waals surface area (Å²) in [5, 5.41) is -0.0485. The number of nitrogens with two attached hydrogens (primary N) is 1. The van der Waals surface area contributed by atoms with E-state index in [2.05, 4.69) is 0 Å². The Labute approximate surface area is 113 Å². The number of hydrogen-bond acceptors (Lipinski definition) is 1. The standard InChI is InChI=1S/C14H11ClF3N/c15-10-5-2-4-9(14(10)18)12(19)7-8-3-1-6-11(16)13(8)17/h1-6,12H,7,19H2. The van der Waals surface area contributed by atoms with Gasteiger partial charge >= 0.3 is 0 Å². The Balaban J connectivity index is 2.28. The minimum absolute atomic E-state index is 0.0130. The third kappa shape index (κ3) is 2.91. The molecule has 0 aromatic heterocycles. The maximum Gasteiger partial charge on any atom is 0.162 e. The second kappa shape index (κ2) is 5.63. The summed E-state index contributed by atoms with van der Waals surface area (Å²) in [6.07, 6.45) is -0.0130. The van der Waals surface area contributed by atoms with E-state index < -0.39 is 23.5 Å². The summed E-state index contributed by atoms with van der Waals surface area (Å²) in [4.78, 5) is 0. The summed E-state index contributed by atoms with van der Waals surface area (Å²) in [6, 6.07) is 7.46. The molecule has 0 bridgehead atoms. The molecule has 0 saturated carbocycles. The summed E-state index contributed by atoms with van der Waals surface area (Å²) in [5.41, 5.74) is 6.11. The fraction of sp³-hybridized carbons (Fsp3) is 0.143. The van der Waals surface area contributed by atoms with Crippen molar-refractivity contribution in [3.63, 3.8) is 0 Å². The third-order valence-corrected chi connectivity index (χ3v) is 3.14. The quantitative estimate of drug-likeness (QED) is 0.906. The van der Waals surface area contributed by atoms with Crippen LogP contribution in [0.3, 0.4) is 0 Å². The van der Waals surface area contributed by atoms with E-state index >= 15 is 0 Å². The molecule has 2 N–H and O–H groups in total. The molecule has 0 aliphatic heterocycles. The van der Waals surface area contributed by atoms with Crippen LogP contribution < -0.4 is 5.73 Å². The van der Waals surface area contributed by atoms with Gasteiger partial charge in [-0.05, 0) is 24.1 Å². The van der Waals surface area contributed by atoms with Crippen molar-refractivity contribution in [2.75, 3.05) is 0 Å². The van der Waals surface area contributed by atoms with E-state index in [1.54, 1.807) is 6.07 Å². The first-order valence-electron chi connectivity index (χ1n) is 5.63. The van der Waals surface area contributed by atoms with E-state index in [1.165, 1.54) is 24.3 Å².